The molecule has 0 atom stereocenters. The number of hydrogen-bond donors (Lipinski definition) is 1. The molecule has 0 aromatic carbocycles. The molecule has 0 amide bonds. The van der Waals surface area contributed by atoms with Crippen LogP contribution in [-0.4, -0.2) is 8.96 Å². The Hall–Kier alpha value is 1.18. The Kier molecular flexibility index (Phi) is 5.74. The molecule has 0 unspecified atom stereocenters. The van der Waals surface area contributed by atoms with Crippen molar-refractivity contribution in [1.82, 2.24) is 0 Å². The molecule has 0 aromatic rings. The van der Waals surface area contributed by atoms with Crippen molar-refractivity contribution in [3.05, 3.63) is 0 Å². The Morgan fingerprint density at radius 3 is 1.88 bits per heavy atom. The molecule has 0 bridgehead atoms. The van der Waals surface area contributed by atoms with E-state index < -0.39 is 8.96 Å². The molecule has 1 rings (SSSR count). The average molecular weight is 139 g/mol. The molecule has 2 N–H and O–H groups in total. The topological polar surface area (TPSA) is 26.0 Å². The monoisotopic (exact) mass is 139 g/mol. The summed E-state index contributed by atoms with van der Waals surface area (Å²) in [4.78, 5) is 0. The van der Waals surface area contributed by atoms with Gasteiger partial charge in [0.1, 0.15) is 8.96 Å². The van der Waals surface area contributed by atoms with E-state index in [1.54, 1.807) is 0 Å². The Morgan fingerprint density at radius 2 is 1.62 bits per heavy atom. The fourth-order valence-corrected chi connectivity index (χ4v) is 3.05. The predicted molar refractivity (Wildman–Crippen MR) is 35.9 cm³/mol. The molecule has 0 aromatic heterocycles. The molecule has 1 saturated heterocycles. The number of hydrogen-bond acceptors (Lipinski definition) is 1. The van der Waals surface area contributed by atoms with E-state index in [1.807, 2.05) is 0 Å². The van der Waals surface area contributed by atoms with Gasteiger partial charge in [0.25, 0.3) is 0 Å². The van der Waals surface area contributed by atoms with Crippen LogP contribution in [0, 0.1) is 0 Å². The molecule has 0 aliphatic carbocycles. The Bertz CT molecular complexity index is 58.9. The summed E-state index contributed by atoms with van der Waals surface area (Å²) in [5.41, 5.74) is 0. The largest absolute Gasteiger partial charge is 1.00 e. The minimum atomic E-state index is -0.595. The van der Waals surface area contributed by atoms with E-state index in [2.05, 4.69) is 0 Å². The van der Waals surface area contributed by atoms with Crippen LogP contribution in [0.4, 0.5) is 0 Å². The predicted octanol–water partition coefficient (Wildman–Crippen LogP) is -2.03. The SMILES string of the molecule is N[SiH]1CCCCC1.[H-].[Na+]. The molecule has 0 saturated carbocycles. The maximum Gasteiger partial charge on any atom is 1.00 e. The van der Waals surface area contributed by atoms with Crippen LogP contribution in [0.3, 0.4) is 0 Å². The molecule has 44 valence electrons. The molecular formula is C5H14NNaSi. The molecule has 1 fully saturated rings. The van der Waals surface area contributed by atoms with E-state index in [-0.39, 0.29) is 31.0 Å². The molecule has 3 heteroatoms. The second-order valence-electron chi connectivity index (χ2n) is 2.40. The second-order valence-corrected chi connectivity index (χ2v) is 5.07. The molecule has 0 radical (unpaired) electrons. The number of nitrogens with two attached hydrogens (primary N) is 1. The van der Waals surface area contributed by atoms with E-state index >= 15 is 0 Å². The molecular weight excluding hydrogens is 125 g/mol. The van der Waals surface area contributed by atoms with Crippen molar-refractivity contribution >= 4 is 8.96 Å². The third-order valence-corrected chi connectivity index (χ3v) is 3.95. The Morgan fingerprint density at radius 1 is 1.12 bits per heavy atom. The van der Waals surface area contributed by atoms with Gasteiger partial charge in [-0.3, -0.25) is 0 Å². The smallest absolute Gasteiger partial charge is 1.00 e. The van der Waals surface area contributed by atoms with Gasteiger partial charge < -0.3 is 6.83 Å². The maximum absolute atomic E-state index is 5.77. The normalized spacial score (nSPS) is 22.1. The third-order valence-electron chi connectivity index (χ3n) is 1.65. The van der Waals surface area contributed by atoms with E-state index in [1.165, 1.54) is 31.4 Å². The quantitative estimate of drug-likeness (QED) is 0.385. The van der Waals surface area contributed by atoms with Gasteiger partial charge in [0, 0.05) is 0 Å². The summed E-state index contributed by atoms with van der Waals surface area (Å²) in [7, 11) is -0.595. The summed E-state index contributed by atoms with van der Waals surface area (Å²) < 4.78 is 0. The molecule has 0 spiro atoms. The van der Waals surface area contributed by atoms with Gasteiger partial charge in [-0.1, -0.05) is 19.3 Å². The first kappa shape index (κ1) is 9.18. The van der Waals surface area contributed by atoms with E-state index in [9.17, 15) is 0 Å². The van der Waals surface area contributed by atoms with Gasteiger partial charge in [0.15, 0.2) is 0 Å². The van der Waals surface area contributed by atoms with Gasteiger partial charge in [0.2, 0.25) is 0 Å². The summed E-state index contributed by atoms with van der Waals surface area (Å²) in [6.07, 6.45) is 4.29. The van der Waals surface area contributed by atoms with Crippen molar-refractivity contribution in [2.24, 2.45) is 5.40 Å². The molecule has 1 heterocycles. The van der Waals surface area contributed by atoms with Gasteiger partial charge in [0.05, 0.1) is 0 Å². The van der Waals surface area contributed by atoms with Crippen LogP contribution in [0.15, 0.2) is 0 Å². The zero-order valence-electron chi connectivity index (χ0n) is 6.69. The first-order valence-corrected chi connectivity index (χ1v) is 5.45. The minimum absolute atomic E-state index is 0. The van der Waals surface area contributed by atoms with Crippen molar-refractivity contribution in [2.45, 2.75) is 31.4 Å². The summed E-state index contributed by atoms with van der Waals surface area (Å²) in [5.74, 6) is 0. The summed E-state index contributed by atoms with van der Waals surface area (Å²) in [6, 6.07) is 2.81. The van der Waals surface area contributed by atoms with Crippen molar-refractivity contribution in [3.8, 4) is 0 Å². The second kappa shape index (κ2) is 5.00. The van der Waals surface area contributed by atoms with Crippen LogP contribution >= 0.6 is 0 Å². The van der Waals surface area contributed by atoms with Crippen LogP contribution in [0.25, 0.3) is 0 Å². The third kappa shape index (κ3) is 3.25. The first-order valence-electron chi connectivity index (χ1n) is 3.15. The standard InChI is InChI=1S/C5H13NSi.Na.H/c6-7-4-2-1-3-5-7;;/h7H,1-6H2;;/q;+1;-1. The zero-order chi connectivity index (χ0) is 5.11. The van der Waals surface area contributed by atoms with E-state index in [4.69, 9.17) is 5.40 Å². The van der Waals surface area contributed by atoms with Gasteiger partial charge in [-0.25, -0.2) is 0 Å². The van der Waals surface area contributed by atoms with Crippen LogP contribution in [-0.2, 0) is 0 Å². The average Bonchev–Trinajstić information content (AvgIpc) is 1.69. The van der Waals surface area contributed by atoms with Crippen LogP contribution in [0.2, 0.25) is 12.1 Å². The Labute approximate surface area is 76.5 Å². The van der Waals surface area contributed by atoms with Gasteiger partial charge in [-0.2, -0.15) is 0 Å². The van der Waals surface area contributed by atoms with Gasteiger partial charge >= 0.3 is 29.6 Å². The van der Waals surface area contributed by atoms with Crippen LogP contribution in [0.5, 0.6) is 0 Å². The summed E-state index contributed by atoms with van der Waals surface area (Å²) in [5, 5.41) is 5.77. The molecule has 1 nitrogen and oxygen atoms in total. The fourth-order valence-electron chi connectivity index (χ4n) is 1.13. The maximum atomic E-state index is 5.77. The van der Waals surface area contributed by atoms with Gasteiger partial charge in [-0.05, 0) is 12.1 Å². The van der Waals surface area contributed by atoms with Crippen LogP contribution < -0.4 is 35.0 Å². The van der Waals surface area contributed by atoms with Crippen molar-refractivity contribution in [2.75, 3.05) is 0 Å². The zero-order valence-corrected chi connectivity index (χ0v) is 8.84. The van der Waals surface area contributed by atoms with Crippen molar-refractivity contribution in [1.29, 1.82) is 0 Å². The number of rotatable bonds is 0. The molecule has 1 aliphatic rings. The summed E-state index contributed by atoms with van der Waals surface area (Å²) in [6.45, 7) is 0. The Balaban J connectivity index is 0. The summed E-state index contributed by atoms with van der Waals surface area (Å²) >= 11 is 0. The van der Waals surface area contributed by atoms with E-state index in [0.717, 1.165) is 0 Å². The molecule has 1 aliphatic heterocycles. The van der Waals surface area contributed by atoms with Crippen molar-refractivity contribution < 1.29 is 31.0 Å². The van der Waals surface area contributed by atoms with Crippen LogP contribution in [0.1, 0.15) is 20.7 Å². The minimum Gasteiger partial charge on any atom is -1.00 e. The van der Waals surface area contributed by atoms with Gasteiger partial charge in [-0.15, -0.1) is 0 Å². The molecule has 8 heavy (non-hydrogen) atoms. The van der Waals surface area contributed by atoms with Crippen molar-refractivity contribution in [3.63, 3.8) is 0 Å². The first-order chi connectivity index (χ1) is 3.39. The fraction of sp³-hybridized carbons (Fsp3) is 1.00. The van der Waals surface area contributed by atoms with E-state index in [0.29, 0.717) is 0 Å².